The van der Waals surface area contributed by atoms with Gasteiger partial charge in [0.05, 0.1) is 12.3 Å². The van der Waals surface area contributed by atoms with Crippen LogP contribution in [0.5, 0.6) is 0 Å². The molecule has 0 saturated heterocycles. The van der Waals surface area contributed by atoms with E-state index in [1.54, 1.807) is 13.2 Å². The molecule has 0 amide bonds. The van der Waals surface area contributed by atoms with Gasteiger partial charge in [-0.05, 0) is 50.3 Å². The van der Waals surface area contributed by atoms with Crippen LogP contribution in [0.4, 0.5) is 10.1 Å². The zero-order valence-corrected chi connectivity index (χ0v) is 12.6. The molecule has 1 aliphatic rings. The Morgan fingerprint density at radius 1 is 1.40 bits per heavy atom. The molecule has 0 bridgehead atoms. The minimum atomic E-state index is -0.191. The standard InChI is InChI=1S/C16H25FN2O/c1-11(18)14-6-7-16(15(17)10-14)19(8-9-20-3)12(2)13-4-5-13/h6-7,10-13H,4-5,8-9,18H2,1-3H3/t11-,12?/m1/s1. The first-order valence-electron chi connectivity index (χ1n) is 7.35. The van der Waals surface area contributed by atoms with Crippen LogP contribution in [-0.4, -0.2) is 26.3 Å². The molecule has 0 heterocycles. The van der Waals surface area contributed by atoms with Gasteiger partial charge in [-0.25, -0.2) is 4.39 Å². The molecule has 1 aromatic carbocycles. The summed E-state index contributed by atoms with van der Waals surface area (Å²) < 4.78 is 19.6. The maximum atomic E-state index is 14.4. The zero-order chi connectivity index (χ0) is 14.7. The van der Waals surface area contributed by atoms with Gasteiger partial charge < -0.3 is 15.4 Å². The predicted molar refractivity (Wildman–Crippen MR) is 80.4 cm³/mol. The average Bonchev–Trinajstić information content (AvgIpc) is 3.24. The molecule has 0 spiro atoms. The monoisotopic (exact) mass is 280 g/mol. The second-order valence-corrected chi connectivity index (χ2v) is 5.76. The molecule has 2 atom stereocenters. The van der Waals surface area contributed by atoms with E-state index in [0.717, 1.165) is 5.56 Å². The number of nitrogens with zero attached hydrogens (tertiary/aromatic N) is 1. The molecule has 0 aromatic heterocycles. The van der Waals surface area contributed by atoms with Crippen molar-refractivity contribution in [2.45, 2.75) is 38.8 Å². The van der Waals surface area contributed by atoms with Gasteiger partial charge in [0, 0.05) is 25.7 Å². The summed E-state index contributed by atoms with van der Waals surface area (Å²) in [7, 11) is 1.68. The molecule has 0 radical (unpaired) electrons. The number of ether oxygens (including phenoxy) is 1. The number of benzene rings is 1. The van der Waals surface area contributed by atoms with E-state index in [1.807, 2.05) is 19.1 Å². The van der Waals surface area contributed by atoms with E-state index >= 15 is 0 Å². The summed E-state index contributed by atoms with van der Waals surface area (Å²) >= 11 is 0. The first kappa shape index (κ1) is 15.3. The van der Waals surface area contributed by atoms with E-state index in [-0.39, 0.29) is 11.9 Å². The summed E-state index contributed by atoms with van der Waals surface area (Å²) in [5.41, 5.74) is 7.30. The fourth-order valence-corrected chi connectivity index (χ4v) is 2.61. The fourth-order valence-electron chi connectivity index (χ4n) is 2.61. The first-order chi connectivity index (χ1) is 9.54. The smallest absolute Gasteiger partial charge is 0.146 e. The van der Waals surface area contributed by atoms with E-state index in [9.17, 15) is 4.39 Å². The molecule has 1 aromatic rings. The molecule has 20 heavy (non-hydrogen) atoms. The normalized spacial score (nSPS) is 17.9. The van der Waals surface area contributed by atoms with Gasteiger partial charge in [-0.15, -0.1) is 0 Å². The van der Waals surface area contributed by atoms with Gasteiger partial charge in [-0.1, -0.05) is 6.07 Å². The molecular formula is C16H25FN2O. The number of hydrogen-bond donors (Lipinski definition) is 1. The van der Waals surface area contributed by atoms with E-state index in [4.69, 9.17) is 10.5 Å². The summed E-state index contributed by atoms with van der Waals surface area (Å²) in [6.45, 7) is 5.35. The van der Waals surface area contributed by atoms with Crippen LogP contribution in [0.15, 0.2) is 18.2 Å². The van der Waals surface area contributed by atoms with Crippen LogP contribution in [0.25, 0.3) is 0 Å². The van der Waals surface area contributed by atoms with Crippen molar-refractivity contribution in [1.82, 2.24) is 0 Å². The Morgan fingerprint density at radius 3 is 2.60 bits per heavy atom. The Kier molecular flexibility index (Phi) is 5.00. The highest BCUT2D eigenvalue weighted by atomic mass is 19.1. The third-order valence-electron chi connectivity index (χ3n) is 4.14. The number of halogens is 1. The van der Waals surface area contributed by atoms with Gasteiger partial charge in [0.15, 0.2) is 0 Å². The van der Waals surface area contributed by atoms with E-state index in [0.29, 0.717) is 30.8 Å². The van der Waals surface area contributed by atoms with Crippen LogP contribution in [-0.2, 0) is 4.74 Å². The maximum Gasteiger partial charge on any atom is 0.146 e. The van der Waals surface area contributed by atoms with E-state index in [2.05, 4.69) is 11.8 Å². The summed E-state index contributed by atoms with van der Waals surface area (Å²) in [5.74, 6) is 0.489. The van der Waals surface area contributed by atoms with Gasteiger partial charge in [-0.3, -0.25) is 0 Å². The highest BCUT2D eigenvalue weighted by molar-refractivity contribution is 5.50. The fraction of sp³-hybridized carbons (Fsp3) is 0.625. The lowest BCUT2D eigenvalue weighted by molar-refractivity contribution is 0.202. The second kappa shape index (κ2) is 6.55. The van der Waals surface area contributed by atoms with Gasteiger partial charge in [0.25, 0.3) is 0 Å². The van der Waals surface area contributed by atoms with Crippen molar-refractivity contribution in [3.63, 3.8) is 0 Å². The lowest BCUT2D eigenvalue weighted by atomic mass is 10.1. The molecule has 1 aliphatic carbocycles. The van der Waals surface area contributed by atoms with Gasteiger partial charge in [0.1, 0.15) is 5.82 Å². The molecule has 2 N–H and O–H groups in total. The Bertz CT molecular complexity index is 446. The van der Waals surface area contributed by atoms with Gasteiger partial charge >= 0.3 is 0 Å². The van der Waals surface area contributed by atoms with Crippen molar-refractivity contribution in [1.29, 1.82) is 0 Å². The number of anilines is 1. The molecule has 1 fully saturated rings. The largest absolute Gasteiger partial charge is 0.383 e. The van der Waals surface area contributed by atoms with Crippen molar-refractivity contribution in [3.05, 3.63) is 29.6 Å². The predicted octanol–water partition coefficient (Wildman–Crippen LogP) is 3.10. The summed E-state index contributed by atoms with van der Waals surface area (Å²) in [6.07, 6.45) is 2.48. The molecule has 112 valence electrons. The van der Waals surface area contributed by atoms with Crippen molar-refractivity contribution in [2.24, 2.45) is 11.7 Å². The second-order valence-electron chi connectivity index (χ2n) is 5.76. The minimum Gasteiger partial charge on any atom is -0.383 e. The molecule has 0 aliphatic heterocycles. The van der Waals surface area contributed by atoms with Crippen molar-refractivity contribution in [3.8, 4) is 0 Å². The minimum absolute atomic E-state index is 0.146. The van der Waals surface area contributed by atoms with Crippen molar-refractivity contribution in [2.75, 3.05) is 25.2 Å². The van der Waals surface area contributed by atoms with Gasteiger partial charge in [-0.2, -0.15) is 0 Å². The van der Waals surface area contributed by atoms with Crippen LogP contribution >= 0.6 is 0 Å². The Hall–Kier alpha value is -1.13. The average molecular weight is 280 g/mol. The lowest BCUT2D eigenvalue weighted by Crippen LogP contribution is -2.38. The molecule has 1 saturated carbocycles. The molecular weight excluding hydrogens is 255 g/mol. The first-order valence-corrected chi connectivity index (χ1v) is 7.35. The number of rotatable bonds is 7. The van der Waals surface area contributed by atoms with E-state index in [1.165, 1.54) is 12.8 Å². The molecule has 4 heteroatoms. The third-order valence-corrected chi connectivity index (χ3v) is 4.14. The summed E-state index contributed by atoms with van der Waals surface area (Å²) in [4.78, 5) is 2.13. The van der Waals surface area contributed by atoms with Crippen molar-refractivity contribution < 1.29 is 9.13 Å². The quantitative estimate of drug-likeness (QED) is 0.834. The molecule has 1 unspecified atom stereocenters. The zero-order valence-electron chi connectivity index (χ0n) is 12.6. The Labute approximate surface area is 120 Å². The topological polar surface area (TPSA) is 38.5 Å². The Morgan fingerprint density at radius 2 is 2.10 bits per heavy atom. The van der Waals surface area contributed by atoms with Crippen LogP contribution in [0.3, 0.4) is 0 Å². The van der Waals surface area contributed by atoms with Crippen LogP contribution < -0.4 is 10.6 Å². The number of methoxy groups -OCH3 is 1. The number of nitrogens with two attached hydrogens (primary N) is 1. The highest BCUT2D eigenvalue weighted by Crippen LogP contribution is 2.37. The molecule has 2 rings (SSSR count). The van der Waals surface area contributed by atoms with Gasteiger partial charge in [0.2, 0.25) is 0 Å². The maximum absolute atomic E-state index is 14.4. The highest BCUT2D eigenvalue weighted by Gasteiger charge is 2.33. The summed E-state index contributed by atoms with van der Waals surface area (Å²) in [6, 6.07) is 5.53. The van der Waals surface area contributed by atoms with Crippen molar-refractivity contribution >= 4 is 5.69 Å². The lowest BCUT2D eigenvalue weighted by Gasteiger charge is -2.32. The van der Waals surface area contributed by atoms with E-state index < -0.39 is 0 Å². The summed E-state index contributed by atoms with van der Waals surface area (Å²) in [5, 5.41) is 0. The number of hydrogen-bond acceptors (Lipinski definition) is 3. The van der Waals surface area contributed by atoms with Crippen LogP contribution in [0, 0.1) is 11.7 Å². The van der Waals surface area contributed by atoms with Crippen LogP contribution in [0.2, 0.25) is 0 Å². The SMILES string of the molecule is COCCN(c1ccc([C@@H](C)N)cc1F)C(C)C1CC1. The van der Waals surface area contributed by atoms with Crippen LogP contribution in [0.1, 0.15) is 38.3 Å². The Balaban J connectivity index is 2.22. The molecule has 3 nitrogen and oxygen atoms in total. The third kappa shape index (κ3) is 3.49.